The van der Waals surface area contributed by atoms with E-state index in [-0.39, 0.29) is 23.8 Å². The number of fused-ring (bicyclic) bond motifs is 4. The number of amides is 3. The van der Waals surface area contributed by atoms with Crippen LogP contribution in [0.4, 0.5) is 4.79 Å². The van der Waals surface area contributed by atoms with E-state index in [1.54, 1.807) is 4.90 Å². The largest absolute Gasteiger partial charge is 0.444 e. The monoisotopic (exact) mass is 514 g/mol. The minimum absolute atomic E-state index is 0.00759. The fourth-order valence-electron chi connectivity index (χ4n) is 5.93. The summed E-state index contributed by atoms with van der Waals surface area (Å²) in [6, 6.07) is 14.6. The summed E-state index contributed by atoms with van der Waals surface area (Å²) < 4.78 is 5.64. The van der Waals surface area contributed by atoms with Gasteiger partial charge in [0.1, 0.15) is 17.7 Å². The van der Waals surface area contributed by atoms with Gasteiger partial charge in [0, 0.05) is 24.6 Å². The molecule has 38 heavy (non-hydrogen) atoms. The maximum Gasteiger partial charge on any atom is 0.411 e. The SMILES string of the molecule is CC(C)(C)OC(=O)N1C2CCC(CC2)C1C(=O)NC(C#N)Cc1ccc(-c2ccc3c(c2)CNC3=O)cc1. The third-order valence-corrected chi connectivity index (χ3v) is 7.74. The maximum atomic E-state index is 13.4. The van der Waals surface area contributed by atoms with Crippen LogP contribution in [-0.4, -0.2) is 46.5 Å². The number of carbonyl (C=O) groups excluding carboxylic acids is 3. The van der Waals surface area contributed by atoms with Gasteiger partial charge < -0.3 is 15.4 Å². The minimum Gasteiger partial charge on any atom is -0.444 e. The van der Waals surface area contributed by atoms with E-state index in [1.807, 2.05) is 63.2 Å². The highest BCUT2D eigenvalue weighted by Crippen LogP contribution is 2.40. The Kier molecular flexibility index (Phi) is 6.87. The predicted molar refractivity (Wildman–Crippen MR) is 142 cm³/mol. The van der Waals surface area contributed by atoms with Crippen LogP contribution in [0.25, 0.3) is 11.1 Å². The normalized spacial score (nSPS) is 22.7. The molecule has 3 amide bonds. The number of carbonyl (C=O) groups is 3. The highest BCUT2D eigenvalue weighted by Gasteiger charge is 2.49. The second-order valence-corrected chi connectivity index (χ2v) is 11.5. The Morgan fingerprint density at radius 3 is 2.45 bits per heavy atom. The lowest BCUT2D eigenvalue weighted by Crippen LogP contribution is -2.64. The van der Waals surface area contributed by atoms with Gasteiger partial charge in [0.15, 0.2) is 0 Å². The van der Waals surface area contributed by atoms with E-state index in [4.69, 9.17) is 4.74 Å². The van der Waals surface area contributed by atoms with Crippen LogP contribution in [0.3, 0.4) is 0 Å². The van der Waals surface area contributed by atoms with E-state index in [0.717, 1.165) is 53.5 Å². The lowest BCUT2D eigenvalue weighted by atomic mass is 9.74. The molecule has 6 rings (SSSR count). The molecular formula is C30H34N4O4. The van der Waals surface area contributed by atoms with Crippen LogP contribution < -0.4 is 10.6 Å². The molecule has 8 heteroatoms. The van der Waals surface area contributed by atoms with Crippen molar-refractivity contribution in [3.63, 3.8) is 0 Å². The third kappa shape index (κ3) is 5.24. The molecule has 2 bridgehead atoms. The number of benzene rings is 2. The number of hydrogen-bond acceptors (Lipinski definition) is 5. The Labute approximate surface area is 223 Å². The van der Waals surface area contributed by atoms with Crippen LogP contribution >= 0.6 is 0 Å². The first-order chi connectivity index (χ1) is 18.1. The summed E-state index contributed by atoms with van der Waals surface area (Å²) in [6.07, 6.45) is 3.44. The van der Waals surface area contributed by atoms with Gasteiger partial charge in [-0.25, -0.2) is 4.79 Å². The van der Waals surface area contributed by atoms with Crippen molar-refractivity contribution in [3.8, 4) is 17.2 Å². The number of nitrogens with zero attached hydrogens (tertiary/aromatic N) is 2. The number of nitriles is 1. The van der Waals surface area contributed by atoms with Crippen molar-refractivity contribution in [1.29, 1.82) is 5.26 Å². The Morgan fingerprint density at radius 2 is 1.79 bits per heavy atom. The van der Waals surface area contributed by atoms with Crippen LogP contribution in [0.1, 0.15) is 67.9 Å². The standard InChI is InChI=1S/C30H34N4O4/c1-30(2,3)38-29(37)34-24-11-8-20(9-12-24)26(34)28(36)33-23(16-31)14-18-4-6-19(7-5-18)21-10-13-25-22(15-21)17-32-27(25)35/h4-7,10,13,15,20,23-24,26H,8-9,11-12,14,17H2,1-3H3,(H,32,35)(H,33,36). The molecule has 198 valence electrons. The molecule has 2 saturated heterocycles. The summed E-state index contributed by atoms with van der Waals surface area (Å²) in [5.74, 6) is -0.250. The van der Waals surface area contributed by atoms with E-state index < -0.39 is 23.8 Å². The van der Waals surface area contributed by atoms with Crippen molar-refractivity contribution in [2.24, 2.45) is 5.92 Å². The molecule has 0 aromatic heterocycles. The molecule has 2 N–H and O–H groups in total. The van der Waals surface area contributed by atoms with Crippen molar-refractivity contribution < 1.29 is 19.1 Å². The molecular weight excluding hydrogens is 480 g/mol. The molecule has 1 aliphatic carbocycles. The minimum atomic E-state index is -0.716. The van der Waals surface area contributed by atoms with Gasteiger partial charge >= 0.3 is 6.09 Å². The second kappa shape index (κ2) is 10.1. The van der Waals surface area contributed by atoms with Gasteiger partial charge in [-0.3, -0.25) is 14.5 Å². The molecule has 0 spiro atoms. The molecule has 2 unspecified atom stereocenters. The van der Waals surface area contributed by atoms with Crippen LogP contribution in [0, 0.1) is 17.2 Å². The van der Waals surface area contributed by atoms with E-state index >= 15 is 0 Å². The Morgan fingerprint density at radius 1 is 1.11 bits per heavy atom. The van der Waals surface area contributed by atoms with Crippen LogP contribution in [0.5, 0.6) is 0 Å². The third-order valence-electron chi connectivity index (χ3n) is 7.74. The first-order valence-corrected chi connectivity index (χ1v) is 13.3. The molecule has 3 fully saturated rings. The van der Waals surface area contributed by atoms with Crippen molar-refractivity contribution in [1.82, 2.24) is 15.5 Å². The zero-order chi connectivity index (χ0) is 27.0. The molecule has 2 aromatic rings. The Balaban J connectivity index is 1.26. The molecule has 4 aliphatic rings. The van der Waals surface area contributed by atoms with Crippen molar-refractivity contribution in [3.05, 3.63) is 59.2 Å². The smallest absolute Gasteiger partial charge is 0.411 e. The molecule has 0 radical (unpaired) electrons. The van der Waals surface area contributed by atoms with E-state index in [9.17, 15) is 19.6 Å². The van der Waals surface area contributed by atoms with Crippen LogP contribution in [0.2, 0.25) is 0 Å². The summed E-state index contributed by atoms with van der Waals surface area (Å²) in [5, 5.41) is 15.6. The van der Waals surface area contributed by atoms with Gasteiger partial charge in [-0.2, -0.15) is 5.26 Å². The van der Waals surface area contributed by atoms with E-state index in [2.05, 4.69) is 16.7 Å². The highest BCUT2D eigenvalue weighted by atomic mass is 16.6. The first-order valence-electron chi connectivity index (χ1n) is 13.3. The Hall–Kier alpha value is -3.86. The quantitative estimate of drug-likeness (QED) is 0.617. The average molecular weight is 515 g/mol. The zero-order valence-corrected chi connectivity index (χ0v) is 22.1. The maximum absolute atomic E-state index is 13.4. The van der Waals surface area contributed by atoms with Gasteiger partial charge in [-0.15, -0.1) is 0 Å². The summed E-state index contributed by atoms with van der Waals surface area (Å²) >= 11 is 0. The fourth-order valence-corrected chi connectivity index (χ4v) is 5.93. The van der Waals surface area contributed by atoms with E-state index in [1.165, 1.54) is 0 Å². The summed E-state index contributed by atoms with van der Waals surface area (Å²) in [4.78, 5) is 39.9. The predicted octanol–water partition coefficient (Wildman–Crippen LogP) is 4.33. The van der Waals surface area contributed by atoms with Crippen LogP contribution in [-0.2, 0) is 22.5 Å². The number of ether oxygens (including phenoxy) is 1. The zero-order valence-electron chi connectivity index (χ0n) is 22.1. The summed E-state index contributed by atoms with van der Waals surface area (Å²) in [7, 11) is 0. The van der Waals surface area contributed by atoms with E-state index in [0.29, 0.717) is 13.0 Å². The number of nitrogens with one attached hydrogen (secondary N) is 2. The highest BCUT2D eigenvalue weighted by molar-refractivity contribution is 5.98. The first kappa shape index (κ1) is 25.8. The van der Waals surface area contributed by atoms with Crippen molar-refractivity contribution in [2.75, 3.05) is 0 Å². The van der Waals surface area contributed by atoms with Gasteiger partial charge in [-0.1, -0.05) is 30.3 Å². The molecule has 2 atom stereocenters. The topological polar surface area (TPSA) is 112 Å². The van der Waals surface area contributed by atoms with Gasteiger partial charge in [0.2, 0.25) is 5.91 Å². The average Bonchev–Trinajstić information content (AvgIpc) is 3.27. The fraction of sp³-hybridized carbons (Fsp3) is 0.467. The molecule has 1 saturated carbocycles. The molecule has 3 aliphatic heterocycles. The number of rotatable bonds is 5. The molecule has 2 aromatic carbocycles. The second-order valence-electron chi connectivity index (χ2n) is 11.5. The van der Waals surface area contributed by atoms with Crippen molar-refractivity contribution in [2.45, 2.75) is 83.1 Å². The lowest BCUT2D eigenvalue weighted by molar-refractivity contribution is -0.135. The summed E-state index contributed by atoms with van der Waals surface area (Å²) in [5.41, 5.74) is 4.01. The molecule has 8 nitrogen and oxygen atoms in total. The van der Waals surface area contributed by atoms with Crippen molar-refractivity contribution >= 4 is 17.9 Å². The number of hydrogen-bond donors (Lipinski definition) is 2. The lowest BCUT2D eigenvalue weighted by Gasteiger charge is -2.50. The van der Waals surface area contributed by atoms with Gasteiger partial charge in [0.05, 0.1) is 6.07 Å². The van der Waals surface area contributed by atoms with Crippen LogP contribution in [0.15, 0.2) is 42.5 Å². The Bertz CT molecular complexity index is 1280. The summed E-state index contributed by atoms with van der Waals surface area (Å²) in [6.45, 7) is 6.00. The molecule has 3 heterocycles. The van der Waals surface area contributed by atoms with Gasteiger partial charge in [0.25, 0.3) is 5.91 Å². The number of piperidine rings is 2. The van der Waals surface area contributed by atoms with Gasteiger partial charge in [-0.05, 0) is 86.8 Å².